The van der Waals surface area contributed by atoms with Crippen molar-refractivity contribution < 1.29 is 9.18 Å². The van der Waals surface area contributed by atoms with Gasteiger partial charge in [0.2, 0.25) is 5.91 Å². The van der Waals surface area contributed by atoms with Crippen LogP contribution in [0.25, 0.3) is 0 Å². The van der Waals surface area contributed by atoms with Crippen LogP contribution in [0.3, 0.4) is 0 Å². The number of hydrogen-bond donors (Lipinski definition) is 1. The van der Waals surface area contributed by atoms with Crippen LogP contribution < -0.4 is 10.2 Å². The molecule has 0 saturated heterocycles. The topological polar surface area (TPSA) is 32.3 Å². The third-order valence-electron chi connectivity index (χ3n) is 5.15. The van der Waals surface area contributed by atoms with Gasteiger partial charge in [0.15, 0.2) is 0 Å². The Balaban J connectivity index is 1.87. The van der Waals surface area contributed by atoms with Gasteiger partial charge in [-0.15, -0.1) is 0 Å². The molecule has 1 heterocycles. The minimum atomic E-state index is -0.216. The van der Waals surface area contributed by atoms with E-state index in [1.165, 1.54) is 23.3 Å². The highest BCUT2D eigenvalue weighted by molar-refractivity contribution is 5.93. The highest BCUT2D eigenvalue weighted by Gasteiger charge is 2.23. The van der Waals surface area contributed by atoms with Crippen LogP contribution in [-0.4, -0.2) is 12.5 Å². The molecule has 1 aliphatic rings. The summed E-state index contributed by atoms with van der Waals surface area (Å²) >= 11 is 0. The number of nitrogens with one attached hydrogen (secondary N) is 1. The Morgan fingerprint density at radius 1 is 1.19 bits per heavy atom. The van der Waals surface area contributed by atoms with Gasteiger partial charge in [0.05, 0.1) is 0 Å². The summed E-state index contributed by atoms with van der Waals surface area (Å²) in [6, 6.07) is 8.87. The molecule has 3 rings (SSSR count). The molecule has 2 aromatic rings. The number of fused-ring (bicyclic) bond motifs is 1. The first kappa shape index (κ1) is 19.4. The van der Waals surface area contributed by atoms with E-state index in [0.717, 1.165) is 42.0 Å². The Hall–Kier alpha value is -2.36. The zero-order valence-electron chi connectivity index (χ0n) is 16.9. The minimum absolute atomic E-state index is 0.0422. The van der Waals surface area contributed by atoms with E-state index >= 15 is 0 Å². The number of anilines is 2. The summed E-state index contributed by atoms with van der Waals surface area (Å²) in [5.74, 6) is -0.160. The highest BCUT2D eigenvalue weighted by atomic mass is 19.1. The first-order valence-electron chi connectivity index (χ1n) is 9.56. The van der Waals surface area contributed by atoms with Crippen LogP contribution in [0.2, 0.25) is 0 Å². The van der Waals surface area contributed by atoms with Crippen LogP contribution in [0.1, 0.15) is 49.4 Å². The third kappa shape index (κ3) is 4.49. The first-order valence-corrected chi connectivity index (χ1v) is 9.56. The number of carbonyl (C=O) groups excluding carboxylic acids is 1. The summed E-state index contributed by atoms with van der Waals surface area (Å²) in [4.78, 5) is 14.7. The fourth-order valence-electron chi connectivity index (χ4n) is 3.81. The smallest absolute Gasteiger partial charge is 0.224 e. The summed E-state index contributed by atoms with van der Waals surface area (Å²) in [6.07, 6.45) is 1.44. The number of rotatable bonds is 3. The van der Waals surface area contributed by atoms with E-state index < -0.39 is 0 Å². The lowest BCUT2D eigenvalue weighted by atomic mass is 9.90. The summed E-state index contributed by atoms with van der Waals surface area (Å²) in [7, 11) is 0. The average Bonchev–Trinajstić information content (AvgIpc) is 2.57. The van der Waals surface area contributed by atoms with Crippen molar-refractivity contribution in [3.63, 3.8) is 0 Å². The lowest BCUT2D eigenvalue weighted by molar-refractivity contribution is -0.117. The minimum Gasteiger partial charge on any atom is -0.367 e. The van der Waals surface area contributed by atoms with Gasteiger partial charge in [-0.25, -0.2) is 4.39 Å². The molecule has 0 aliphatic carbocycles. The standard InChI is InChI=1S/C23H29FN2O/c1-15-12-17-10-11-26(19-8-6-18(24)7-9-19)14-20(17)16(2)22(15)25-21(27)13-23(3,4)5/h6-9,12H,10-11,13-14H2,1-5H3,(H,25,27). The molecule has 4 heteroatoms. The highest BCUT2D eigenvalue weighted by Crippen LogP contribution is 2.33. The summed E-state index contributed by atoms with van der Waals surface area (Å²) in [5, 5.41) is 3.14. The van der Waals surface area contributed by atoms with E-state index in [-0.39, 0.29) is 17.1 Å². The molecule has 1 amide bonds. The fraction of sp³-hybridized carbons (Fsp3) is 0.435. The summed E-state index contributed by atoms with van der Waals surface area (Å²) in [5.41, 5.74) is 6.78. The van der Waals surface area contributed by atoms with Gasteiger partial charge in [-0.1, -0.05) is 26.8 Å². The third-order valence-corrected chi connectivity index (χ3v) is 5.15. The second-order valence-corrected chi connectivity index (χ2v) is 8.76. The largest absolute Gasteiger partial charge is 0.367 e. The summed E-state index contributed by atoms with van der Waals surface area (Å²) < 4.78 is 13.2. The molecule has 0 radical (unpaired) electrons. The van der Waals surface area contributed by atoms with Crippen LogP contribution in [-0.2, 0) is 17.8 Å². The zero-order valence-corrected chi connectivity index (χ0v) is 16.9. The van der Waals surface area contributed by atoms with Crippen molar-refractivity contribution in [1.29, 1.82) is 0 Å². The van der Waals surface area contributed by atoms with Gasteiger partial charge in [-0.05, 0) is 72.2 Å². The van der Waals surface area contributed by atoms with E-state index in [0.29, 0.717) is 6.42 Å². The molecular weight excluding hydrogens is 339 g/mol. The van der Waals surface area contributed by atoms with E-state index in [1.54, 1.807) is 0 Å². The molecule has 1 aliphatic heterocycles. The van der Waals surface area contributed by atoms with Crippen molar-refractivity contribution in [1.82, 2.24) is 0 Å². The predicted octanol–water partition coefficient (Wildman–Crippen LogP) is 5.38. The number of aryl methyl sites for hydroxylation is 1. The van der Waals surface area contributed by atoms with Gasteiger partial charge in [0.25, 0.3) is 0 Å². The maximum atomic E-state index is 13.2. The van der Waals surface area contributed by atoms with Crippen LogP contribution in [0.4, 0.5) is 15.8 Å². The van der Waals surface area contributed by atoms with E-state index in [1.807, 2.05) is 12.1 Å². The second-order valence-electron chi connectivity index (χ2n) is 8.76. The van der Waals surface area contributed by atoms with Gasteiger partial charge >= 0.3 is 0 Å². The Bertz CT molecular complexity index is 850. The number of hydrogen-bond acceptors (Lipinski definition) is 2. The van der Waals surface area contributed by atoms with Crippen molar-refractivity contribution in [2.24, 2.45) is 5.41 Å². The number of halogens is 1. The first-order chi connectivity index (χ1) is 12.6. The molecule has 0 spiro atoms. The monoisotopic (exact) mass is 368 g/mol. The quantitative estimate of drug-likeness (QED) is 0.789. The Kier molecular flexibility index (Phi) is 5.27. The van der Waals surface area contributed by atoms with E-state index in [9.17, 15) is 9.18 Å². The van der Waals surface area contributed by atoms with Gasteiger partial charge in [0, 0.05) is 30.9 Å². The van der Waals surface area contributed by atoms with Gasteiger partial charge in [-0.2, -0.15) is 0 Å². The Morgan fingerprint density at radius 3 is 2.48 bits per heavy atom. The molecule has 3 nitrogen and oxygen atoms in total. The molecule has 2 aromatic carbocycles. The number of carbonyl (C=O) groups is 1. The molecule has 0 fully saturated rings. The van der Waals surface area contributed by atoms with Crippen LogP contribution >= 0.6 is 0 Å². The molecule has 27 heavy (non-hydrogen) atoms. The number of nitrogens with zero attached hydrogens (tertiary/aromatic N) is 1. The van der Waals surface area contributed by atoms with Crippen molar-refractivity contribution in [2.75, 3.05) is 16.8 Å². The normalized spacial score (nSPS) is 14.1. The molecule has 0 bridgehead atoms. The van der Waals surface area contributed by atoms with Gasteiger partial charge < -0.3 is 10.2 Å². The lowest BCUT2D eigenvalue weighted by Gasteiger charge is -2.33. The number of amides is 1. The van der Waals surface area contributed by atoms with Crippen molar-refractivity contribution in [2.45, 2.75) is 54.0 Å². The molecule has 1 N–H and O–H groups in total. The average molecular weight is 368 g/mol. The maximum absolute atomic E-state index is 13.2. The molecular formula is C23H29FN2O. The molecule has 144 valence electrons. The SMILES string of the molecule is Cc1cc2c(c(C)c1NC(=O)CC(C)(C)C)CN(c1ccc(F)cc1)CC2. The van der Waals surface area contributed by atoms with Gasteiger partial charge in [-0.3, -0.25) is 4.79 Å². The molecule has 0 unspecified atom stereocenters. The van der Waals surface area contributed by atoms with Crippen LogP contribution in [0.5, 0.6) is 0 Å². The summed E-state index contributed by atoms with van der Waals surface area (Å²) in [6.45, 7) is 12.0. The lowest BCUT2D eigenvalue weighted by Crippen LogP contribution is -2.31. The second kappa shape index (κ2) is 7.34. The molecule has 0 atom stereocenters. The zero-order chi connectivity index (χ0) is 19.8. The van der Waals surface area contributed by atoms with Gasteiger partial charge in [0.1, 0.15) is 5.82 Å². The Morgan fingerprint density at radius 2 is 1.85 bits per heavy atom. The van der Waals surface area contributed by atoms with Crippen molar-refractivity contribution >= 4 is 17.3 Å². The van der Waals surface area contributed by atoms with Crippen LogP contribution in [0.15, 0.2) is 30.3 Å². The maximum Gasteiger partial charge on any atom is 0.224 e. The fourth-order valence-corrected chi connectivity index (χ4v) is 3.81. The molecule has 0 saturated carbocycles. The Labute approximate surface area is 161 Å². The van der Waals surface area contributed by atoms with Crippen molar-refractivity contribution in [3.05, 3.63) is 58.4 Å². The van der Waals surface area contributed by atoms with Crippen LogP contribution in [0, 0.1) is 25.1 Å². The number of benzene rings is 2. The van der Waals surface area contributed by atoms with E-state index in [2.05, 4.69) is 50.9 Å². The molecule has 0 aromatic heterocycles. The van der Waals surface area contributed by atoms with E-state index in [4.69, 9.17) is 0 Å². The predicted molar refractivity (Wildman–Crippen MR) is 110 cm³/mol. The van der Waals surface area contributed by atoms with Crippen molar-refractivity contribution in [3.8, 4) is 0 Å².